The van der Waals surface area contributed by atoms with Crippen LogP contribution in [0.4, 0.5) is 4.39 Å². The summed E-state index contributed by atoms with van der Waals surface area (Å²) in [6.45, 7) is 2.85. The fourth-order valence-electron chi connectivity index (χ4n) is 4.82. The van der Waals surface area contributed by atoms with E-state index in [1.807, 2.05) is 0 Å². The summed E-state index contributed by atoms with van der Waals surface area (Å²) in [5, 5.41) is 42.1. The van der Waals surface area contributed by atoms with Crippen molar-refractivity contribution in [1.29, 1.82) is 0 Å². The average Bonchev–Trinajstić information content (AvgIpc) is 3.19. The van der Waals surface area contributed by atoms with Crippen LogP contribution in [0, 0.1) is 5.82 Å². The van der Waals surface area contributed by atoms with Gasteiger partial charge in [-0.15, -0.1) is 0 Å². The van der Waals surface area contributed by atoms with Crippen molar-refractivity contribution in [2.75, 3.05) is 26.3 Å². The number of carbonyl (C=O) groups is 3. The van der Waals surface area contributed by atoms with Crippen LogP contribution in [0.3, 0.4) is 0 Å². The Morgan fingerprint density at radius 2 is 1.82 bits per heavy atom. The van der Waals surface area contributed by atoms with Crippen LogP contribution in [0.15, 0.2) is 36.4 Å². The molecule has 2 fully saturated rings. The summed E-state index contributed by atoms with van der Waals surface area (Å²) in [5.41, 5.74) is 1.41. The number of nitrogens with one attached hydrogen (secondary N) is 1. The molecular weight excluding hydrogens is 505 g/mol. The highest BCUT2D eigenvalue weighted by molar-refractivity contribution is 6.08. The lowest BCUT2D eigenvalue weighted by atomic mass is 9.90. The molecule has 0 spiro atoms. The highest BCUT2D eigenvalue weighted by Gasteiger charge is 2.67. The quantitative estimate of drug-likeness (QED) is 0.220. The van der Waals surface area contributed by atoms with Gasteiger partial charge in [-0.1, -0.05) is 18.2 Å². The predicted octanol–water partition coefficient (Wildman–Crippen LogP) is -1.42. The number of morpholine rings is 1. The number of fused-ring (bicyclic) bond motifs is 1. The summed E-state index contributed by atoms with van der Waals surface area (Å²) in [4.78, 5) is 40.1. The number of benzene rings is 2. The molecule has 2 aromatic rings. The summed E-state index contributed by atoms with van der Waals surface area (Å²) in [7, 11) is 0. The number of carbonyl (C=O) groups excluding carboxylic acids is 3. The first kappa shape index (κ1) is 26.2. The average molecular weight is 531 g/mol. The van der Waals surface area contributed by atoms with E-state index in [0.29, 0.717) is 24.7 Å². The number of aliphatic hydroxyl groups is 4. The molecule has 0 aliphatic carbocycles. The Balaban J connectivity index is 1.32. The third kappa shape index (κ3) is 4.42. The van der Waals surface area contributed by atoms with Crippen LogP contribution in [-0.4, -0.2) is 91.9 Å². The number of hydrogen-bond acceptors (Lipinski definition) is 10. The second-order valence-electron chi connectivity index (χ2n) is 9.44. The highest BCUT2D eigenvalue weighted by atomic mass is 19.1. The van der Waals surface area contributed by atoms with Gasteiger partial charge in [-0.25, -0.2) is 4.39 Å². The van der Waals surface area contributed by atoms with Crippen LogP contribution in [0.2, 0.25) is 0 Å². The molecule has 13 heteroatoms. The number of halogens is 1. The molecule has 1 atom stereocenters. The summed E-state index contributed by atoms with van der Waals surface area (Å²) in [5.74, 6) is -11.6. The standard InChI is InChI=1S/C25H26FN3O9/c26-18-10-14(11-28-6-8-37-9-7-28)4-5-15(18)13-38-19-3-1-2-16-17(19)12-29(22(16)31)20-21(30)27-23(32)25(35,36)24(20,33)34/h1-5,10,20,33-36H,6-9,11-13H2,(H,27,30,32). The molecule has 0 aromatic heterocycles. The van der Waals surface area contributed by atoms with Gasteiger partial charge >= 0.3 is 5.79 Å². The number of hydrogen-bond donors (Lipinski definition) is 5. The van der Waals surface area contributed by atoms with Crippen molar-refractivity contribution >= 4 is 17.7 Å². The number of imide groups is 1. The lowest BCUT2D eigenvalue weighted by Gasteiger charge is -2.44. The molecular formula is C25H26FN3O9. The Bertz CT molecular complexity index is 1290. The minimum Gasteiger partial charge on any atom is -0.488 e. The van der Waals surface area contributed by atoms with E-state index in [4.69, 9.17) is 9.47 Å². The van der Waals surface area contributed by atoms with E-state index in [2.05, 4.69) is 4.90 Å². The van der Waals surface area contributed by atoms with E-state index < -0.39 is 41.2 Å². The predicted molar refractivity (Wildman–Crippen MR) is 124 cm³/mol. The summed E-state index contributed by atoms with van der Waals surface area (Å²) in [6.07, 6.45) is 0. The third-order valence-corrected chi connectivity index (χ3v) is 6.97. The van der Waals surface area contributed by atoms with Crippen LogP contribution in [-0.2, 0) is 34.0 Å². The second kappa shape index (κ2) is 9.69. The minimum absolute atomic E-state index is 0.0609. The molecule has 3 aliphatic rings. The van der Waals surface area contributed by atoms with E-state index in [9.17, 15) is 39.2 Å². The van der Waals surface area contributed by atoms with Crippen LogP contribution in [0.5, 0.6) is 5.75 Å². The Morgan fingerprint density at radius 3 is 2.53 bits per heavy atom. The Morgan fingerprint density at radius 1 is 1.08 bits per heavy atom. The van der Waals surface area contributed by atoms with E-state index in [1.165, 1.54) is 24.3 Å². The molecule has 3 heterocycles. The van der Waals surface area contributed by atoms with Crippen molar-refractivity contribution in [1.82, 2.24) is 15.1 Å². The fraction of sp³-hybridized carbons (Fsp3) is 0.400. The van der Waals surface area contributed by atoms with Crippen molar-refractivity contribution in [3.8, 4) is 5.75 Å². The van der Waals surface area contributed by atoms with Crippen molar-refractivity contribution in [3.05, 3.63) is 64.5 Å². The van der Waals surface area contributed by atoms with Gasteiger partial charge in [-0.2, -0.15) is 0 Å². The zero-order valence-electron chi connectivity index (χ0n) is 20.1. The van der Waals surface area contributed by atoms with Gasteiger partial charge in [0.05, 0.1) is 19.8 Å². The van der Waals surface area contributed by atoms with Gasteiger partial charge in [0, 0.05) is 36.3 Å². The summed E-state index contributed by atoms with van der Waals surface area (Å²) < 4.78 is 25.9. The highest BCUT2D eigenvalue weighted by Crippen LogP contribution is 2.37. The molecule has 5 N–H and O–H groups in total. The van der Waals surface area contributed by atoms with Crippen LogP contribution in [0.1, 0.15) is 27.0 Å². The maximum atomic E-state index is 14.8. The maximum Gasteiger partial charge on any atom is 0.303 e. The van der Waals surface area contributed by atoms with Crippen molar-refractivity contribution < 1.29 is 48.7 Å². The number of rotatable bonds is 6. The summed E-state index contributed by atoms with van der Waals surface area (Å²) >= 11 is 0. The Hall–Kier alpha value is -3.46. The number of ether oxygens (including phenoxy) is 2. The lowest BCUT2D eigenvalue weighted by Crippen LogP contribution is -2.79. The van der Waals surface area contributed by atoms with Crippen molar-refractivity contribution in [3.63, 3.8) is 0 Å². The zero-order valence-corrected chi connectivity index (χ0v) is 20.1. The van der Waals surface area contributed by atoms with Crippen LogP contribution >= 0.6 is 0 Å². The Kier molecular flexibility index (Phi) is 6.67. The molecule has 0 bridgehead atoms. The molecule has 38 heavy (non-hydrogen) atoms. The van der Waals surface area contributed by atoms with Gasteiger partial charge in [-0.3, -0.25) is 24.6 Å². The largest absolute Gasteiger partial charge is 0.488 e. The van der Waals surface area contributed by atoms with Gasteiger partial charge in [0.1, 0.15) is 18.2 Å². The fourth-order valence-corrected chi connectivity index (χ4v) is 4.82. The van der Waals surface area contributed by atoms with Crippen LogP contribution < -0.4 is 10.1 Å². The minimum atomic E-state index is -3.76. The first-order valence-electron chi connectivity index (χ1n) is 11.9. The number of amides is 3. The second-order valence-corrected chi connectivity index (χ2v) is 9.44. The van der Waals surface area contributed by atoms with E-state index in [1.54, 1.807) is 17.4 Å². The maximum absolute atomic E-state index is 14.8. The van der Waals surface area contributed by atoms with Gasteiger partial charge < -0.3 is 34.8 Å². The van der Waals surface area contributed by atoms with Crippen LogP contribution in [0.25, 0.3) is 0 Å². The van der Waals surface area contributed by atoms with Gasteiger partial charge in [0.2, 0.25) is 0 Å². The monoisotopic (exact) mass is 531 g/mol. The molecule has 202 valence electrons. The molecule has 3 amide bonds. The van der Waals surface area contributed by atoms with Crippen molar-refractivity contribution in [2.45, 2.75) is 37.3 Å². The molecule has 2 saturated heterocycles. The number of nitrogens with zero attached hydrogens (tertiary/aromatic N) is 2. The van der Waals surface area contributed by atoms with Crippen molar-refractivity contribution in [2.24, 2.45) is 0 Å². The van der Waals surface area contributed by atoms with Gasteiger partial charge in [0.15, 0.2) is 6.04 Å². The molecule has 5 rings (SSSR count). The molecule has 1 unspecified atom stereocenters. The number of piperidine rings is 1. The molecule has 2 aromatic carbocycles. The molecule has 0 radical (unpaired) electrons. The topological polar surface area (TPSA) is 169 Å². The SMILES string of the molecule is O=C1NC(=O)C(O)(O)C(O)(O)C1N1Cc2c(OCc3ccc(CN4CCOCC4)cc3F)cccc2C1=O. The molecule has 3 aliphatic heterocycles. The Labute approximate surface area is 215 Å². The van der Waals surface area contributed by atoms with E-state index in [-0.39, 0.29) is 35.6 Å². The first-order valence-corrected chi connectivity index (χ1v) is 11.9. The van der Waals surface area contributed by atoms with Gasteiger partial charge in [0.25, 0.3) is 23.5 Å². The lowest BCUT2D eigenvalue weighted by molar-refractivity contribution is -0.355. The van der Waals surface area contributed by atoms with Gasteiger partial charge in [-0.05, 0) is 23.8 Å². The zero-order chi connectivity index (χ0) is 27.2. The third-order valence-electron chi connectivity index (χ3n) is 6.97. The molecule has 0 saturated carbocycles. The normalized spacial score (nSPS) is 22.8. The first-order chi connectivity index (χ1) is 18.0. The van der Waals surface area contributed by atoms with E-state index >= 15 is 0 Å². The summed E-state index contributed by atoms with van der Waals surface area (Å²) in [6, 6.07) is 7.07. The smallest absolute Gasteiger partial charge is 0.303 e. The van der Waals surface area contributed by atoms with E-state index in [0.717, 1.165) is 18.7 Å². The molecule has 12 nitrogen and oxygen atoms in total.